The molecule has 0 aliphatic carbocycles. The average molecular weight is 555 g/mol. The molecule has 0 amide bonds. The van der Waals surface area contributed by atoms with E-state index in [1.165, 1.54) is 53.2 Å². The molecule has 0 bridgehead atoms. The first-order valence-corrected chi connectivity index (χ1v) is 14.9. The quantitative estimate of drug-likeness (QED) is 0.210. The predicted molar refractivity (Wildman–Crippen MR) is 180 cm³/mol. The number of fused-ring (bicyclic) bond motifs is 4. The minimum absolute atomic E-state index is 1.12. The first-order valence-electron chi connectivity index (χ1n) is 14.1. The molecule has 3 heteroatoms. The van der Waals surface area contributed by atoms with Crippen molar-refractivity contribution in [1.29, 1.82) is 0 Å². The van der Waals surface area contributed by atoms with Gasteiger partial charge in [-0.2, -0.15) is 0 Å². The van der Waals surface area contributed by atoms with Crippen LogP contribution in [0, 0.1) is 0 Å². The molecule has 0 spiro atoms. The minimum atomic E-state index is 1.12. The Labute approximate surface area is 248 Å². The van der Waals surface area contributed by atoms with Crippen molar-refractivity contribution >= 4 is 59.3 Å². The highest BCUT2D eigenvalue weighted by atomic mass is 32.1. The van der Waals surface area contributed by atoms with Crippen molar-refractivity contribution in [2.45, 2.75) is 0 Å². The molecule has 0 aliphatic heterocycles. The summed E-state index contributed by atoms with van der Waals surface area (Å²) < 4.78 is 2.51. The van der Waals surface area contributed by atoms with Crippen LogP contribution in [0.25, 0.3) is 53.2 Å². The van der Waals surface area contributed by atoms with Gasteiger partial charge in [-0.3, -0.25) is 4.98 Å². The lowest BCUT2D eigenvalue weighted by molar-refractivity contribution is 1.30. The molecule has 198 valence electrons. The molecule has 2 nitrogen and oxygen atoms in total. The fourth-order valence-electron chi connectivity index (χ4n) is 5.88. The summed E-state index contributed by atoms with van der Waals surface area (Å²) in [5, 5.41) is 4.86. The minimum Gasteiger partial charge on any atom is -0.310 e. The van der Waals surface area contributed by atoms with E-state index in [1.807, 2.05) is 23.7 Å². The lowest BCUT2D eigenvalue weighted by atomic mass is 10.00. The zero-order valence-corrected chi connectivity index (χ0v) is 23.6. The van der Waals surface area contributed by atoms with E-state index in [-0.39, 0.29) is 0 Å². The molecule has 0 N–H and O–H groups in total. The van der Waals surface area contributed by atoms with Gasteiger partial charge in [0.05, 0.1) is 5.69 Å². The van der Waals surface area contributed by atoms with E-state index in [1.54, 1.807) is 0 Å². The van der Waals surface area contributed by atoms with Crippen LogP contribution >= 0.6 is 11.3 Å². The lowest BCUT2D eigenvalue weighted by Crippen LogP contribution is -2.10. The largest absolute Gasteiger partial charge is 0.310 e. The number of aromatic nitrogens is 1. The molecule has 6 aromatic carbocycles. The highest BCUT2D eigenvalue weighted by Gasteiger charge is 2.19. The van der Waals surface area contributed by atoms with Gasteiger partial charge in [-0.25, -0.2) is 0 Å². The number of pyridine rings is 1. The molecule has 0 unspecified atom stereocenters. The van der Waals surface area contributed by atoms with Gasteiger partial charge >= 0.3 is 0 Å². The third kappa shape index (κ3) is 4.32. The fraction of sp³-hybridized carbons (Fsp3) is 0. The normalized spacial score (nSPS) is 11.3. The van der Waals surface area contributed by atoms with Crippen LogP contribution in [0.15, 0.2) is 158 Å². The number of hydrogen-bond donors (Lipinski definition) is 0. The van der Waals surface area contributed by atoms with Gasteiger partial charge in [0.25, 0.3) is 0 Å². The number of thiophene rings is 1. The third-order valence-electron chi connectivity index (χ3n) is 7.94. The molecule has 0 aliphatic rings. The monoisotopic (exact) mass is 554 g/mol. The van der Waals surface area contributed by atoms with E-state index < -0.39 is 0 Å². The van der Waals surface area contributed by atoms with Crippen LogP contribution < -0.4 is 4.90 Å². The Morgan fingerprint density at radius 1 is 0.476 bits per heavy atom. The molecule has 2 heterocycles. The first kappa shape index (κ1) is 24.5. The van der Waals surface area contributed by atoms with Crippen molar-refractivity contribution in [3.05, 3.63) is 158 Å². The van der Waals surface area contributed by atoms with Crippen LogP contribution in [-0.4, -0.2) is 4.98 Å². The van der Waals surface area contributed by atoms with Crippen molar-refractivity contribution in [2.24, 2.45) is 0 Å². The number of nitrogens with zero attached hydrogens (tertiary/aromatic N) is 2. The predicted octanol–water partition coefficient (Wildman–Crippen LogP) is 11.4. The van der Waals surface area contributed by atoms with E-state index in [2.05, 4.69) is 155 Å². The summed E-state index contributed by atoms with van der Waals surface area (Å²) in [6.45, 7) is 0. The van der Waals surface area contributed by atoms with Crippen LogP contribution in [0.1, 0.15) is 0 Å². The van der Waals surface area contributed by atoms with Crippen molar-refractivity contribution < 1.29 is 0 Å². The maximum atomic E-state index is 4.49. The van der Waals surface area contributed by atoms with Crippen molar-refractivity contribution in [3.8, 4) is 22.3 Å². The van der Waals surface area contributed by atoms with Crippen molar-refractivity contribution in [1.82, 2.24) is 4.98 Å². The van der Waals surface area contributed by atoms with Gasteiger partial charge in [0.1, 0.15) is 0 Å². The zero-order chi connectivity index (χ0) is 27.9. The number of anilines is 3. The Kier molecular flexibility index (Phi) is 6.02. The summed E-state index contributed by atoms with van der Waals surface area (Å²) >= 11 is 1.82. The molecule has 0 radical (unpaired) electrons. The second-order valence-electron chi connectivity index (χ2n) is 10.5. The van der Waals surface area contributed by atoms with Gasteiger partial charge in [-0.15, -0.1) is 11.3 Å². The maximum Gasteiger partial charge on any atom is 0.0555 e. The summed E-state index contributed by atoms with van der Waals surface area (Å²) in [6.07, 6.45) is 3.88. The van der Waals surface area contributed by atoms with E-state index in [0.717, 1.165) is 17.1 Å². The van der Waals surface area contributed by atoms with Crippen LogP contribution in [-0.2, 0) is 0 Å². The average Bonchev–Trinajstić information content (AvgIpc) is 3.45. The highest BCUT2D eigenvalue weighted by molar-refractivity contribution is 7.25. The molecule has 0 saturated heterocycles. The molecule has 2 aromatic heterocycles. The van der Waals surface area contributed by atoms with Crippen LogP contribution in [0.4, 0.5) is 17.1 Å². The Balaban J connectivity index is 1.31. The SMILES string of the molecule is c1ccc(-c2ccc(N(c3ccc4cc(-c5ccccc5)ccc4c3)c3cccc4sc5ccncc5c34)cc2)cc1. The van der Waals surface area contributed by atoms with Gasteiger partial charge in [-0.05, 0) is 81.6 Å². The number of rotatable bonds is 5. The summed E-state index contributed by atoms with van der Waals surface area (Å²) in [6, 6.07) is 52.3. The lowest BCUT2D eigenvalue weighted by Gasteiger charge is -2.27. The second kappa shape index (κ2) is 10.3. The summed E-state index contributed by atoms with van der Waals surface area (Å²) in [5.74, 6) is 0. The molecule has 8 aromatic rings. The Morgan fingerprint density at radius 3 is 1.90 bits per heavy atom. The molecular weight excluding hydrogens is 529 g/mol. The topological polar surface area (TPSA) is 16.1 Å². The summed E-state index contributed by atoms with van der Waals surface area (Å²) in [5.41, 5.74) is 8.27. The maximum absolute atomic E-state index is 4.49. The molecular formula is C39H26N2S. The van der Waals surface area contributed by atoms with Crippen molar-refractivity contribution in [2.75, 3.05) is 4.90 Å². The van der Waals surface area contributed by atoms with Crippen LogP contribution in [0.5, 0.6) is 0 Å². The van der Waals surface area contributed by atoms with Crippen LogP contribution in [0.2, 0.25) is 0 Å². The third-order valence-corrected chi connectivity index (χ3v) is 9.07. The van der Waals surface area contributed by atoms with Gasteiger partial charge in [0.2, 0.25) is 0 Å². The molecule has 0 saturated carbocycles. The number of hydrogen-bond acceptors (Lipinski definition) is 3. The van der Waals surface area contributed by atoms with Gasteiger partial charge in [0.15, 0.2) is 0 Å². The Morgan fingerprint density at radius 2 is 1.12 bits per heavy atom. The van der Waals surface area contributed by atoms with Gasteiger partial charge in [-0.1, -0.05) is 97.1 Å². The molecule has 42 heavy (non-hydrogen) atoms. The van der Waals surface area contributed by atoms with Crippen LogP contribution in [0.3, 0.4) is 0 Å². The smallest absolute Gasteiger partial charge is 0.0555 e. The standard InChI is InChI=1S/C39H26N2S/c1-3-8-27(9-4-1)29-16-19-33(20-17-29)41(36-12-7-13-38-39(36)35-26-40-23-22-37(35)42-38)34-21-18-31-24-30(14-15-32(31)25-34)28-10-5-2-6-11-28/h1-26H. The van der Waals surface area contributed by atoms with E-state index in [4.69, 9.17) is 0 Å². The molecule has 0 fully saturated rings. The second-order valence-corrected chi connectivity index (χ2v) is 11.6. The van der Waals surface area contributed by atoms with Gasteiger partial charge < -0.3 is 4.90 Å². The molecule has 0 atom stereocenters. The van der Waals surface area contributed by atoms with E-state index in [0.29, 0.717) is 0 Å². The van der Waals surface area contributed by atoms with Crippen molar-refractivity contribution in [3.63, 3.8) is 0 Å². The fourth-order valence-corrected chi connectivity index (χ4v) is 6.98. The van der Waals surface area contributed by atoms with E-state index >= 15 is 0 Å². The zero-order valence-electron chi connectivity index (χ0n) is 22.8. The first-order chi connectivity index (χ1) is 20.8. The summed E-state index contributed by atoms with van der Waals surface area (Å²) in [4.78, 5) is 6.88. The van der Waals surface area contributed by atoms with E-state index in [9.17, 15) is 0 Å². The number of benzene rings is 6. The van der Waals surface area contributed by atoms with Gasteiger partial charge in [0, 0.05) is 43.9 Å². The Hall–Kier alpha value is -5.25. The Bertz CT molecular complexity index is 2180. The molecule has 8 rings (SSSR count). The summed E-state index contributed by atoms with van der Waals surface area (Å²) in [7, 11) is 0. The highest BCUT2D eigenvalue weighted by Crippen LogP contribution is 2.45.